The van der Waals surface area contributed by atoms with E-state index in [-0.39, 0.29) is 42.1 Å². The van der Waals surface area contributed by atoms with Crippen LogP contribution < -0.4 is 14.4 Å². The van der Waals surface area contributed by atoms with Gasteiger partial charge in [0.1, 0.15) is 0 Å². The second-order valence-electron chi connectivity index (χ2n) is 11.2. The van der Waals surface area contributed by atoms with Crippen molar-refractivity contribution < 1.29 is 51.6 Å². The van der Waals surface area contributed by atoms with Crippen LogP contribution in [0.15, 0.2) is 152 Å². The fourth-order valence-corrected chi connectivity index (χ4v) is 5.34. The fourth-order valence-electron chi connectivity index (χ4n) is 5.34. The molecule has 0 unspecified atom stereocenters. The minimum atomic E-state index is 0. The van der Waals surface area contributed by atoms with E-state index in [2.05, 4.69) is 48.5 Å². The molecule has 0 saturated carbocycles. The third-order valence-electron chi connectivity index (χ3n) is 7.67. The summed E-state index contributed by atoms with van der Waals surface area (Å²) >= 11 is 0. The van der Waals surface area contributed by atoms with Crippen LogP contribution in [0.3, 0.4) is 0 Å². The summed E-state index contributed by atoms with van der Waals surface area (Å²) in [6, 6.07) is 57.7. The molecule has 0 saturated heterocycles. The number of benzene rings is 5. The van der Waals surface area contributed by atoms with Gasteiger partial charge in [-0.05, 0) is 31.6 Å². The van der Waals surface area contributed by atoms with Gasteiger partial charge in [0.15, 0.2) is 0 Å². The Hall–Kier alpha value is -5.59. The maximum Gasteiger partial charge on any atom is 4.00 e. The standard InChI is InChI=1S/C39H25N3O2.C6H4N.2Pt/c1-41-23-24-42(28-41)32-15-10-20-36(27-32)44-35-19-9-14-31(26-35)39-38(29-11-4-2-5-12-29)37(21-22-40-39)30-13-8-18-34(25-30)43-33-16-6-3-7-17-33;1-2-7-5-3-4-6-7;;/h2-16,18-20,22-24,28H,1H3;3-6H;;/q-6;-1;;+4. The summed E-state index contributed by atoms with van der Waals surface area (Å²) < 4.78 is 13.8. The van der Waals surface area contributed by atoms with E-state index in [1.807, 2.05) is 145 Å². The van der Waals surface area contributed by atoms with Crippen molar-refractivity contribution in [2.24, 2.45) is 0 Å². The first-order chi connectivity index (χ1) is 25.1. The van der Waals surface area contributed by atoms with E-state index in [0.29, 0.717) is 23.0 Å². The Morgan fingerprint density at radius 3 is 1.98 bits per heavy atom. The van der Waals surface area contributed by atoms with Gasteiger partial charge in [0.25, 0.3) is 0 Å². The summed E-state index contributed by atoms with van der Waals surface area (Å²) in [7, 11) is 1.98. The van der Waals surface area contributed by atoms with E-state index in [4.69, 9.17) is 20.9 Å². The third kappa shape index (κ3) is 9.85. The number of nitrogens with zero attached hydrogens (tertiary/aromatic N) is 4. The topological polar surface area (TPSA) is 42.8 Å². The molecular formula is C45H29N4O2Pt2-3. The molecule has 264 valence electrons. The van der Waals surface area contributed by atoms with E-state index in [9.17, 15) is 0 Å². The van der Waals surface area contributed by atoms with Gasteiger partial charge in [-0.2, -0.15) is 48.6 Å². The minimum absolute atomic E-state index is 0. The third-order valence-corrected chi connectivity index (χ3v) is 7.67. The SMILES string of the molecule is CN1C=CN(c2[c-]c(Oc3[c-]c(-c4nc[c-]c(-c5[c-]c(Oc6[c-]cccc6)ccc5)c4-c4ccccc4)ccc3)ccc2)[CH-]1.[C-]#Cn1cccc1.[Pt+4].[Pt]. The van der Waals surface area contributed by atoms with E-state index >= 15 is 0 Å². The molecule has 0 amide bonds. The number of para-hydroxylation sites is 1. The second-order valence-corrected chi connectivity index (χ2v) is 11.2. The first kappa shape index (κ1) is 38.6. The predicted octanol–water partition coefficient (Wildman–Crippen LogP) is 9.89. The van der Waals surface area contributed by atoms with E-state index < -0.39 is 0 Å². The van der Waals surface area contributed by atoms with Crippen molar-refractivity contribution in [1.29, 1.82) is 0 Å². The smallest absolute Gasteiger partial charge is 0.669 e. The molecule has 3 heterocycles. The van der Waals surface area contributed by atoms with Crippen LogP contribution in [0.1, 0.15) is 0 Å². The minimum Gasteiger partial charge on any atom is -0.669 e. The first-order valence-corrected chi connectivity index (χ1v) is 16.1. The number of hydrogen-bond acceptors (Lipinski definition) is 5. The van der Waals surface area contributed by atoms with Gasteiger partial charge in [-0.3, -0.25) is 11.1 Å². The number of pyridine rings is 1. The molecule has 0 atom stereocenters. The average Bonchev–Trinajstić information content (AvgIpc) is 3.88. The maximum atomic E-state index is 6.57. The molecule has 8 rings (SSSR count). The van der Waals surface area contributed by atoms with Crippen molar-refractivity contribution in [3.63, 3.8) is 0 Å². The number of anilines is 1. The number of ether oxygens (including phenoxy) is 2. The first-order valence-electron chi connectivity index (χ1n) is 16.1. The van der Waals surface area contributed by atoms with Crippen LogP contribution in [0.5, 0.6) is 23.0 Å². The Labute approximate surface area is 339 Å². The van der Waals surface area contributed by atoms with Gasteiger partial charge in [0.05, 0.1) is 0 Å². The van der Waals surface area contributed by atoms with Crippen molar-refractivity contribution in [3.8, 4) is 62.6 Å². The van der Waals surface area contributed by atoms with E-state index in [1.165, 1.54) is 0 Å². The zero-order chi connectivity index (χ0) is 34.8. The van der Waals surface area contributed by atoms with Gasteiger partial charge in [-0.25, -0.2) is 18.2 Å². The maximum absolute atomic E-state index is 6.57. The summed E-state index contributed by atoms with van der Waals surface area (Å²) in [6.45, 7) is 1.97. The van der Waals surface area contributed by atoms with Gasteiger partial charge in [-0.1, -0.05) is 53.9 Å². The van der Waals surface area contributed by atoms with Gasteiger partial charge >= 0.3 is 21.1 Å². The van der Waals surface area contributed by atoms with Crippen LogP contribution in [0.25, 0.3) is 33.5 Å². The quantitative estimate of drug-likeness (QED) is 0.112. The monoisotopic (exact) mass is 1050 g/mol. The number of rotatable bonds is 8. The molecule has 0 radical (unpaired) electrons. The van der Waals surface area contributed by atoms with Crippen molar-refractivity contribution in [2.75, 3.05) is 11.9 Å². The van der Waals surface area contributed by atoms with Crippen LogP contribution >= 0.6 is 0 Å². The molecule has 5 aromatic carbocycles. The van der Waals surface area contributed by atoms with Gasteiger partial charge in [0, 0.05) is 56.5 Å². The van der Waals surface area contributed by atoms with E-state index in [0.717, 1.165) is 39.2 Å². The fraction of sp³-hybridized carbons (Fsp3) is 0.0222. The Morgan fingerprint density at radius 1 is 0.679 bits per heavy atom. The Kier molecular flexibility index (Phi) is 13.7. The van der Waals surface area contributed by atoms with Gasteiger partial charge < -0.3 is 35.2 Å². The second kappa shape index (κ2) is 18.8. The van der Waals surface area contributed by atoms with Crippen LogP contribution in [-0.4, -0.2) is 21.5 Å². The van der Waals surface area contributed by atoms with Crippen molar-refractivity contribution >= 4 is 5.69 Å². The van der Waals surface area contributed by atoms with Crippen molar-refractivity contribution in [3.05, 3.63) is 196 Å². The van der Waals surface area contributed by atoms with Crippen molar-refractivity contribution in [2.45, 2.75) is 0 Å². The van der Waals surface area contributed by atoms with Crippen LogP contribution in [0.4, 0.5) is 5.69 Å². The Balaban J connectivity index is 0.000000542. The molecule has 0 N–H and O–H groups in total. The van der Waals surface area contributed by atoms with Crippen LogP contribution in [0.2, 0.25) is 0 Å². The molecule has 53 heavy (non-hydrogen) atoms. The summed E-state index contributed by atoms with van der Waals surface area (Å²) in [5.74, 6) is 2.36. The molecule has 7 aromatic rings. The molecule has 1 aliphatic rings. The summed E-state index contributed by atoms with van der Waals surface area (Å²) in [6.07, 6.45) is 15.7. The summed E-state index contributed by atoms with van der Waals surface area (Å²) in [5, 5.41) is 0. The molecule has 6 nitrogen and oxygen atoms in total. The van der Waals surface area contributed by atoms with Gasteiger partial charge in [0.2, 0.25) is 0 Å². The molecule has 0 bridgehead atoms. The largest absolute Gasteiger partial charge is 4.00 e. The van der Waals surface area contributed by atoms with Gasteiger partial charge in [-0.15, -0.1) is 65.8 Å². The zero-order valence-corrected chi connectivity index (χ0v) is 32.8. The molecular weight excluding hydrogens is 1020 g/mol. The molecule has 0 spiro atoms. The Morgan fingerprint density at radius 2 is 1.32 bits per heavy atom. The molecule has 0 aliphatic carbocycles. The summed E-state index contributed by atoms with van der Waals surface area (Å²) in [4.78, 5) is 8.76. The molecule has 0 fully saturated rings. The summed E-state index contributed by atoms with van der Waals surface area (Å²) in [5.41, 5.74) is 6.01. The molecule has 8 heteroatoms. The van der Waals surface area contributed by atoms with E-state index in [1.54, 1.807) is 23.2 Å². The molecule has 2 aromatic heterocycles. The Bertz CT molecular complexity index is 2290. The van der Waals surface area contributed by atoms with Crippen LogP contribution in [0, 0.1) is 49.5 Å². The van der Waals surface area contributed by atoms with Crippen molar-refractivity contribution in [1.82, 2.24) is 14.5 Å². The number of hydrogen-bond donors (Lipinski definition) is 0. The van der Waals surface area contributed by atoms with Crippen LogP contribution in [-0.2, 0) is 42.1 Å². The predicted molar refractivity (Wildman–Crippen MR) is 198 cm³/mol. The average molecular weight is 1050 g/mol. The zero-order valence-electron chi connectivity index (χ0n) is 28.2. The molecule has 1 aliphatic heterocycles. The number of aromatic nitrogens is 2. The normalized spacial score (nSPS) is 11.3.